The second kappa shape index (κ2) is 11.1. The van der Waals surface area contributed by atoms with Gasteiger partial charge in [-0.1, -0.05) is 62.9 Å². The van der Waals surface area contributed by atoms with Gasteiger partial charge in [0.05, 0.1) is 12.7 Å². The number of aryl methyl sites for hydroxylation is 1. The van der Waals surface area contributed by atoms with Gasteiger partial charge in [-0.15, -0.1) is 6.58 Å². The first-order valence-corrected chi connectivity index (χ1v) is 11.6. The van der Waals surface area contributed by atoms with E-state index in [1.54, 1.807) is 5.56 Å². The molecule has 1 aromatic carbocycles. The highest BCUT2D eigenvalue weighted by Gasteiger charge is 2.22. The van der Waals surface area contributed by atoms with Gasteiger partial charge in [-0.25, -0.2) is 0 Å². The van der Waals surface area contributed by atoms with Crippen LogP contribution in [0.4, 0.5) is 0 Å². The van der Waals surface area contributed by atoms with Crippen molar-refractivity contribution >= 4 is 0 Å². The molecule has 1 nitrogen and oxygen atoms in total. The van der Waals surface area contributed by atoms with Gasteiger partial charge in [0, 0.05) is 0 Å². The maximum atomic E-state index is 5.85. The molecule has 1 heterocycles. The summed E-state index contributed by atoms with van der Waals surface area (Å²) in [7, 11) is 0. The van der Waals surface area contributed by atoms with E-state index >= 15 is 0 Å². The molecule has 1 saturated heterocycles. The first kappa shape index (κ1) is 20.6. The zero-order valence-electron chi connectivity index (χ0n) is 17.5. The predicted molar refractivity (Wildman–Crippen MR) is 116 cm³/mol. The lowest BCUT2D eigenvalue weighted by Gasteiger charge is -2.29. The molecule has 1 aliphatic heterocycles. The van der Waals surface area contributed by atoms with Crippen molar-refractivity contribution in [3.63, 3.8) is 0 Å². The van der Waals surface area contributed by atoms with Gasteiger partial charge in [-0.2, -0.15) is 0 Å². The van der Waals surface area contributed by atoms with Gasteiger partial charge >= 0.3 is 0 Å². The minimum absolute atomic E-state index is 0.294. The lowest BCUT2D eigenvalue weighted by molar-refractivity contribution is 0.00886. The quantitative estimate of drug-likeness (QED) is 0.325. The minimum atomic E-state index is 0.294. The molecule has 2 unspecified atom stereocenters. The third-order valence-corrected chi connectivity index (χ3v) is 7.02. The standard InChI is InChI=1S/C26H40O/c1-3-5-6-7-21-10-15-24(16-11-21)25-17-12-22(13-18-25)8-9-23-14-19-26(4-2)27-20-23/h4,12-13,17-18,21,23-24,26H,2-3,5-11,14-16,19-20H2,1H3. The number of hydrogen-bond acceptors (Lipinski definition) is 1. The van der Waals surface area contributed by atoms with Gasteiger partial charge in [-0.05, 0) is 80.2 Å². The maximum absolute atomic E-state index is 5.85. The molecule has 27 heavy (non-hydrogen) atoms. The van der Waals surface area contributed by atoms with Crippen LogP contribution in [0, 0.1) is 11.8 Å². The molecule has 0 spiro atoms. The number of hydrogen-bond donors (Lipinski definition) is 0. The summed E-state index contributed by atoms with van der Waals surface area (Å²) >= 11 is 0. The van der Waals surface area contributed by atoms with Crippen LogP contribution in [-0.4, -0.2) is 12.7 Å². The zero-order valence-corrected chi connectivity index (χ0v) is 17.5. The lowest BCUT2D eigenvalue weighted by atomic mass is 9.77. The SMILES string of the molecule is C=CC1CCC(CCc2ccc(C3CCC(CCCCC)CC3)cc2)CO1. The largest absolute Gasteiger partial charge is 0.374 e. The summed E-state index contributed by atoms with van der Waals surface area (Å²) in [4.78, 5) is 0. The van der Waals surface area contributed by atoms with Crippen molar-refractivity contribution in [1.29, 1.82) is 0 Å². The van der Waals surface area contributed by atoms with Gasteiger partial charge < -0.3 is 4.74 Å². The Kier molecular flexibility index (Phi) is 8.45. The fourth-order valence-corrected chi connectivity index (χ4v) is 5.03. The first-order chi connectivity index (χ1) is 13.3. The highest BCUT2D eigenvalue weighted by molar-refractivity contribution is 5.26. The summed E-state index contributed by atoms with van der Waals surface area (Å²) in [5.74, 6) is 2.54. The van der Waals surface area contributed by atoms with Gasteiger partial charge in [0.25, 0.3) is 0 Å². The van der Waals surface area contributed by atoms with E-state index in [0.717, 1.165) is 30.8 Å². The van der Waals surface area contributed by atoms with Crippen molar-refractivity contribution in [2.24, 2.45) is 11.8 Å². The van der Waals surface area contributed by atoms with E-state index in [1.807, 2.05) is 6.08 Å². The van der Waals surface area contributed by atoms with Crippen molar-refractivity contribution in [3.05, 3.63) is 48.0 Å². The molecule has 3 rings (SSSR count). The van der Waals surface area contributed by atoms with Gasteiger partial charge in [0.1, 0.15) is 0 Å². The second-order valence-corrected chi connectivity index (χ2v) is 9.04. The van der Waals surface area contributed by atoms with Crippen molar-refractivity contribution < 1.29 is 4.74 Å². The molecule has 1 aromatic rings. The molecule has 0 radical (unpaired) electrons. The third-order valence-electron chi connectivity index (χ3n) is 7.02. The summed E-state index contributed by atoms with van der Waals surface area (Å²) in [6.07, 6.45) is 18.5. The average Bonchev–Trinajstić information content (AvgIpc) is 2.74. The lowest BCUT2D eigenvalue weighted by Crippen LogP contribution is -2.24. The molecule has 1 aliphatic carbocycles. The molecular formula is C26H40O. The number of rotatable bonds is 9. The van der Waals surface area contributed by atoms with E-state index in [9.17, 15) is 0 Å². The Morgan fingerprint density at radius 3 is 2.30 bits per heavy atom. The molecule has 1 saturated carbocycles. The van der Waals surface area contributed by atoms with Gasteiger partial charge in [0.15, 0.2) is 0 Å². The Bertz CT molecular complexity index is 530. The van der Waals surface area contributed by atoms with Crippen LogP contribution < -0.4 is 0 Å². The summed E-state index contributed by atoms with van der Waals surface area (Å²) in [6, 6.07) is 9.61. The Morgan fingerprint density at radius 1 is 0.926 bits per heavy atom. The molecule has 2 atom stereocenters. The Morgan fingerprint density at radius 2 is 1.67 bits per heavy atom. The molecule has 150 valence electrons. The fourth-order valence-electron chi connectivity index (χ4n) is 5.03. The van der Waals surface area contributed by atoms with E-state index in [0.29, 0.717) is 6.10 Å². The normalized spacial score (nSPS) is 28.8. The highest BCUT2D eigenvalue weighted by Crippen LogP contribution is 2.37. The van der Waals surface area contributed by atoms with Crippen LogP contribution in [-0.2, 0) is 11.2 Å². The third kappa shape index (κ3) is 6.49. The molecule has 0 aromatic heterocycles. The first-order valence-electron chi connectivity index (χ1n) is 11.6. The highest BCUT2D eigenvalue weighted by atomic mass is 16.5. The molecular weight excluding hydrogens is 328 g/mol. The van der Waals surface area contributed by atoms with Crippen LogP contribution in [0.3, 0.4) is 0 Å². The van der Waals surface area contributed by atoms with Gasteiger partial charge in [-0.3, -0.25) is 0 Å². The van der Waals surface area contributed by atoms with Crippen LogP contribution in [0.5, 0.6) is 0 Å². The smallest absolute Gasteiger partial charge is 0.0753 e. The maximum Gasteiger partial charge on any atom is 0.0753 e. The van der Waals surface area contributed by atoms with E-state index in [4.69, 9.17) is 4.74 Å². The predicted octanol–water partition coefficient (Wildman–Crippen LogP) is 7.45. The topological polar surface area (TPSA) is 9.23 Å². The Balaban J connectivity index is 1.38. The fraction of sp³-hybridized carbons (Fsp3) is 0.692. The molecule has 1 heteroatoms. The zero-order chi connectivity index (χ0) is 18.9. The Labute approximate surface area is 167 Å². The van der Waals surface area contributed by atoms with Crippen LogP contribution in [0.1, 0.15) is 94.6 Å². The molecule has 2 fully saturated rings. The summed E-state index contributed by atoms with van der Waals surface area (Å²) in [5.41, 5.74) is 3.08. The number of unbranched alkanes of at least 4 members (excludes halogenated alkanes) is 2. The van der Waals surface area contributed by atoms with Crippen molar-refractivity contribution in [3.8, 4) is 0 Å². The Hall–Kier alpha value is -1.08. The van der Waals surface area contributed by atoms with Crippen molar-refractivity contribution in [2.45, 2.75) is 96.0 Å². The second-order valence-electron chi connectivity index (χ2n) is 9.04. The monoisotopic (exact) mass is 368 g/mol. The summed E-state index contributed by atoms with van der Waals surface area (Å²) < 4.78 is 5.85. The minimum Gasteiger partial charge on any atom is -0.374 e. The van der Waals surface area contributed by atoms with E-state index in [1.165, 1.54) is 76.2 Å². The molecule has 2 aliphatic rings. The molecule has 0 amide bonds. The number of benzene rings is 1. The average molecular weight is 369 g/mol. The van der Waals surface area contributed by atoms with Crippen LogP contribution >= 0.6 is 0 Å². The summed E-state index contributed by atoms with van der Waals surface area (Å²) in [5, 5.41) is 0. The molecule has 0 N–H and O–H groups in total. The van der Waals surface area contributed by atoms with Crippen molar-refractivity contribution in [1.82, 2.24) is 0 Å². The summed E-state index contributed by atoms with van der Waals surface area (Å²) in [6.45, 7) is 7.07. The van der Waals surface area contributed by atoms with Gasteiger partial charge in [0.2, 0.25) is 0 Å². The van der Waals surface area contributed by atoms with E-state index in [-0.39, 0.29) is 0 Å². The molecule has 0 bridgehead atoms. The van der Waals surface area contributed by atoms with E-state index in [2.05, 4.69) is 37.8 Å². The van der Waals surface area contributed by atoms with Crippen molar-refractivity contribution in [2.75, 3.05) is 6.61 Å². The number of ether oxygens (including phenoxy) is 1. The van der Waals surface area contributed by atoms with Crippen LogP contribution in [0.25, 0.3) is 0 Å². The van der Waals surface area contributed by atoms with Crippen LogP contribution in [0.2, 0.25) is 0 Å². The van der Waals surface area contributed by atoms with E-state index < -0.39 is 0 Å². The van der Waals surface area contributed by atoms with Crippen LogP contribution in [0.15, 0.2) is 36.9 Å².